The SMILES string of the molecule is CC1(C)c2cccc3c4cc(-c5cc(-c6ccccn6)nc(-c6ccccn6)c5)ccc4n(c23)-c2c1n(-c1ccccc1)c1ccccc21. The van der Waals surface area contributed by atoms with Gasteiger partial charge in [-0.25, -0.2) is 4.98 Å². The Morgan fingerprint density at radius 3 is 1.86 bits per heavy atom. The minimum Gasteiger partial charge on any atom is -0.311 e. The molecule has 0 bridgehead atoms. The third-order valence-electron chi connectivity index (χ3n) is 10.2. The van der Waals surface area contributed by atoms with E-state index in [2.05, 4.69) is 136 Å². The fourth-order valence-corrected chi connectivity index (χ4v) is 7.97. The van der Waals surface area contributed by atoms with E-state index >= 15 is 0 Å². The second-order valence-corrected chi connectivity index (χ2v) is 13.3. The molecule has 6 heterocycles. The molecular weight excluding hydrogens is 599 g/mol. The first-order chi connectivity index (χ1) is 24.1. The van der Waals surface area contributed by atoms with E-state index in [4.69, 9.17) is 4.98 Å². The second-order valence-electron chi connectivity index (χ2n) is 13.3. The topological polar surface area (TPSA) is 48.5 Å². The molecule has 0 unspecified atom stereocenters. The number of hydrogen-bond donors (Lipinski definition) is 0. The Hall–Kier alpha value is -6.33. The van der Waals surface area contributed by atoms with Crippen LogP contribution >= 0.6 is 0 Å². The quantitative estimate of drug-likeness (QED) is 0.195. The summed E-state index contributed by atoms with van der Waals surface area (Å²) in [5.41, 5.74) is 14.0. The summed E-state index contributed by atoms with van der Waals surface area (Å²) < 4.78 is 5.00. The lowest BCUT2D eigenvalue weighted by Gasteiger charge is -2.34. The van der Waals surface area contributed by atoms with E-state index in [-0.39, 0.29) is 5.41 Å². The Morgan fingerprint density at radius 1 is 0.490 bits per heavy atom. The Kier molecular flexibility index (Phi) is 5.85. The van der Waals surface area contributed by atoms with Crippen LogP contribution in [0.3, 0.4) is 0 Å². The van der Waals surface area contributed by atoms with Gasteiger partial charge in [-0.1, -0.05) is 86.6 Å². The van der Waals surface area contributed by atoms with Gasteiger partial charge in [-0.2, -0.15) is 0 Å². The molecule has 0 spiro atoms. The van der Waals surface area contributed by atoms with E-state index < -0.39 is 0 Å². The van der Waals surface area contributed by atoms with Crippen LogP contribution in [0.4, 0.5) is 0 Å². The summed E-state index contributed by atoms with van der Waals surface area (Å²) in [5.74, 6) is 0. The van der Waals surface area contributed by atoms with Crippen molar-refractivity contribution in [2.75, 3.05) is 0 Å². The van der Waals surface area contributed by atoms with Gasteiger partial charge in [-0.05, 0) is 83.4 Å². The number of aromatic nitrogens is 5. The fourth-order valence-electron chi connectivity index (χ4n) is 7.97. The number of rotatable bonds is 4. The van der Waals surface area contributed by atoms with Crippen molar-refractivity contribution in [1.82, 2.24) is 24.1 Å². The summed E-state index contributed by atoms with van der Waals surface area (Å²) >= 11 is 0. The Morgan fingerprint density at radius 2 is 1.14 bits per heavy atom. The number of pyridine rings is 3. The fraction of sp³-hybridized carbons (Fsp3) is 0.0682. The zero-order chi connectivity index (χ0) is 32.7. The summed E-state index contributed by atoms with van der Waals surface area (Å²) in [6, 6.07) is 49.5. The van der Waals surface area contributed by atoms with Crippen molar-refractivity contribution in [3.8, 4) is 45.3 Å². The molecule has 0 amide bonds. The van der Waals surface area contributed by atoms with Gasteiger partial charge >= 0.3 is 0 Å². The van der Waals surface area contributed by atoms with Crippen LogP contribution in [0.1, 0.15) is 25.1 Å². The highest BCUT2D eigenvalue weighted by atomic mass is 15.1. The molecule has 4 aromatic carbocycles. The van der Waals surface area contributed by atoms with E-state index in [1.165, 1.54) is 55.3 Å². The van der Waals surface area contributed by atoms with Gasteiger partial charge in [0, 0.05) is 39.7 Å². The smallest absolute Gasteiger partial charge is 0.0900 e. The highest BCUT2D eigenvalue weighted by molar-refractivity contribution is 6.14. The molecule has 9 aromatic rings. The summed E-state index contributed by atoms with van der Waals surface area (Å²) in [6.07, 6.45) is 3.63. The molecule has 5 aromatic heterocycles. The Labute approximate surface area is 283 Å². The normalized spacial score (nSPS) is 13.3. The van der Waals surface area contributed by atoms with Crippen LogP contribution in [-0.2, 0) is 5.41 Å². The average Bonchev–Trinajstić information content (AvgIpc) is 3.69. The van der Waals surface area contributed by atoms with E-state index in [0.29, 0.717) is 0 Å². The van der Waals surface area contributed by atoms with Gasteiger partial charge in [0.25, 0.3) is 0 Å². The molecule has 5 heteroatoms. The maximum absolute atomic E-state index is 5.01. The first-order valence-electron chi connectivity index (χ1n) is 16.7. The molecule has 0 radical (unpaired) electrons. The molecule has 1 aliphatic heterocycles. The zero-order valence-electron chi connectivity index (χ0n) is 27.2. The molecule has 0 atom stereocenters. The van der Waals surface area contributed by atoms with Crippen molar-refractivity contribution >= 4 is 32.7 Å². The van der Waals surface area contributed by atoms with Crippen LogP contribution in [0, 0.1) is 0 Å². The van der Waals surface area contributed by atoms with Crippen LogP contribution in [-0.4, -0.2) is 24.1 Å². The van der Waals surface area contributed by atoms with Crippen molar-refractivity contribution < 1.29 is 0 Å². The van der Waals surface area contributed by atoms with Crippen molar-refractivity contribution in [3.05, 3.63) is 163 Å². The first kappa shape index (κ1) is 27.8. The molecule has 10 rings (SSSR count). The summed E-state index contributed by atoms with van der Waals surface area (Å²) in [7, 11) is 0. The lowest BCUT2D eigenvalue weighted by atomic mass is 9.77. The predicted octanol–water partition coefficient (Wildman–Crippen LogP) is 10.6. The molecule has 232 valence electrons. The Balaban J connectivity index is 1.26. The van der Waals surface area contributed by atoms with Crippen molar-refractivity contribution in [1.29, 1.82) is 0 Å². The number of nitrogens with zero attached hydrogens (tertiary/aromatic N) is 5. The highest BCUT2D eigenvalue weighted by Crippen LogP contribution is 2.51. The standard InChI is InChI=1S/C44H31N5/c1-44(2)34-17-12-16-31-33-25-28(29-26-37(35-18-8-10-23-45-35)47-38(27-29)36-19-9-11-24-46-36)21-22-40(33)49(41(31)34)42-32-15-6-7-20-39(32)48(43(42)44)30-13-4-3-5-14-30/h3-27H,1-2H3. The summed E-state index contributed by atoms with van der Waals surface area (Å²) in [6.45, 7) is 4.75. The molecular formula is C44H31N5. The third kappa shape index (κ3) is 4.02. The van der Waals surface area contributed by atoms with Gasteiger partial charge in [-0.15, -0.1) is 0 Å². The highest BCUT2D eigenvalue weighted by Gasteiger charge is 2.40. The molecule has 0 N–H and O–H groups in total. The molecule has 1 aliphatic rings. The van der Waals surface area contributed by atoms with Gasteiger partial charge in [0.05, 0.1) is 50.7 Å². The molecule has 5 nitrogen and oxygen atoms in total. The van der Waals surface area contributed by atoms with Crippen molar-refractivity contribution in [2.24, 2.45) is 0 Å². The lowest BCUT2D eigenvalue weighted by Crippen LogP contribution is -2.28. The van der Waals surface area contributed by atoms with Crippen molar-refractivity contribution in [3.63, 3.8) is 0 Å². The summed E-state index contributed by atoms with van der Waals surface area (Å²) in [5, 5.41) is 3.74. The minimum atomic E-state index is -0.253. The van der Waals surface area contributed by atoms with Crippen LogP contribution < -0.4 is 0 Å². The third-order valence-corrected chi connectivity index (χ3v) is 10.2. The molecule has 0 aliphatic carbocycles. The number of benzene rings is 4. The van der Waals surface area contributed by atoms with E-state index in [9.17, 15) is 0 Å². The number of para-hydroxylation sites is 3. The van der Waals surface area contributed by atoms with Crippen LogP contribution in [0.5, 0.6) is 0 Å². The maximum Gasteiger partial charge on any atom is 0.0900 e. The first-order valence-corrected chi connectivity index (χ1v) is 16.7. The number of hydrogen-bond acceptors (Lipinski definition) is 3. The Bertz CT molecular complexity index is 2660. The monoisotopic (exact) mass is 629 g/mol. The summed E-state index contributed by atoms with van der Waals surface area (Å²) in [4.78, 5) is 14.3. The van der Waals surface area contributed by atoms with Gasteiger partial charge in [0.2, 0.25) is 0 Å². The van der Waals surface area contributed by atoms with Crippen molar-refractivity contribution in [2.45, 2.75) is 19.3 Å². The molecule has 0 saturated carbocycles. The van der Waals surface area contributed by atoms with E-state index in [1.807, 2.05) is 48.8 Å². The maximum atomic E-state index is 5.01. The predicted molar refractivity (Wildman–Crippen MR) is 199 cm³/mol. The van der Waals surface area contributed by atoms with Gasteiger partial charge in [0.15, 0.2) is 0 Å². The van der Waals surface area contributed by atoms with Gasteiger partial charge < -0.3 is 9.13 Å². The second kappa shape index (κ2) is 10.3. The zero-order valence-corrected chi connectivity index (χ0v) is 27.2. The molecule has 0 fully saturated rings. The number of fused-ring (bicyclic) bond motifs is 7. The van der Waals surface area contributed by atoms with Gasteiger partial charge in [0.1, 0.15) is 0 Å². The lowest BCUT2D eigenvalue weighted by molar-refractivity contribution is 0.596. The largest absolute Gasteiger partial charge is 0.311 e. The van der Waals surface area contributed by atoms with Crippen LogP contribution in [0.25, 0.3) is 78.0 Å². The van der Waals surface area contributed by atoms with Crippen LogP contribution in [0.15, 0.2) is 152 Å². The van der Waals surface area contributed by atoms with E-state index in [0.717, 1.165) is 33.9 Å². The average molecular weight is 630 g/mol. The molecule has 49 heavy (non-hydrogen) atoms. The molecule has 0 saturated heterocycles. The van der Waals surface area contributed by atoms with E-state index in [1.54, 1.807) is 0 Å². The minimum absolute atomic E-state index is 0.253. The van der Waals surface area contributed by atoms with Crippen LogP contribution in [0.2, 0.25) is 0 Å². The van der Waals surface area contributed by atoms with Gasteiger partial charge in [-0.3, -0.25) is 9.97 Å².